The molecule has 2 nitrogen and oxygen atoms in total. The monoisotopic (exact) mass is 502 g/mol. The molecule has 188 valence electrons. The molecule has 2 aliphatic carbocycles. The summed E-state index contributed by atoms with van der Waals surface area (Å²) in [6.07, 6.45) is 18.2. The van der Waals surface area contributed by atoms with Gasteiger partial charge in [0.1, 0.15) is 0 Å². The SMILES string of the molecule is CC1C=CC(N2c3cccc4c3B(c3ccccc3N4C3(C)C=CC=CC3)c3ccc4ccccc4c32)=CC1. The van der Waals surface area contributed by atoms with Crippen LogP contribution in [0.1, 0.15) is 26.7 Å². The molecule has 2 aliphatic heterocycles. The summed E-state index contributed by atoms with van der Waals surface area (Å²) in [5.74, 6) is 0.566. The topological polar surface area (TPSA) is 6.48 Å². The Morgan fingerprint density at radius 3 is 2.49 bits per heavy atom. The van der Waals surface area contributed by atoms with Crippen molar-refractivity contribution in [3.8, 4) is 0 Å². The summed E-state index contributed by atoms with van der Waals surface area (Å²) in [4.78, 5) is 5.16. The summed E-state index contributed by atoms with van der Waals surface area (Å²) in [7, 11) is 0. The van der Waals surface area contributed by atoms with E-state index in [0.29, 0.717) is 5.92 Å². The molecule has 4 aromatic rings. The fourth-order valence-electron chi connectivity index (χ4n) is 7.23. The maximum Gasteiger partial charge on any atom is 0.252 e. The van der Waals surface area contributed by atoms with E-state index in [1.807, 2.05) is 0 Å². The highest BCUT2D eigenvalue weighted by Crippen LogP contribution is 2.45. The highest BCUT2D eigenvalue weighted by molar-refractivity contribution is 7.00. The normalized spacial score (nSPS) is 22.5. The van der Waals surface area contributed by atoms with Gasteiger partial charge in [-0.15, -0.1) is 0 Å². The summed E-state index contributed by atoms with van der Waals surface area (Å²) < 4.78 is 0. The van der Waals surface area contributed by atoms with Gasteiger partial charge in [-0.2, -0.15) is 0 Å². The molecule has 0 aromatic heterocycles. The zero-order valence-corrected chi connectivity index (χ0v) is 22.5. The average Bonchev–Trinajstić information content (AvgIpc) is 2.98. The molecule has 0 spiro atoms. The highest BCUT2D eigenvalue weighted by atomic mass is 15.2. The van der Waals surface area contributed by atoms with E-state index in [-0.39, 0.29) is 12.3 Å². The summed E-state index contributed by atoms with van der Waals surface area (Å²) in [5.41, 5.74) is 10.6. The standard InChI is InChI=1S/C36H31BN2/c1-25-17-20-27(21-18-25)38-32-15-10-16-33-34(32)37(30-22-19-26-11-4-5-12-28(26)35(30)38)29-13-6-7-14-31(29)39(33)36(2)23-8-3-9-24-36/h3-17,19-23,25H,18,24H2,1-2H3. The van der Waals surface area contributed by atoms with E-state index in [9.17, 15) is 0 Å². The van der Waals surface area contributed by atoms with Gasteiger partial charge < -0.3 is 9.80 Å². The van der Waals surface area contributed by atoms with E-state index >= 15 is 0 Å². The first-order valence-corrected chi connectivity index (χ1v) is 14.2. The number of rotatable bonds is 2. The van der Waals surface area contributed by atoms with Crippen molar-refractivity contribution in [2.45, 2.75) is 32.2 Å². The Morgan fingerprint density at radius 2 is 1.64 bits per heavy atom. The van der Waals surface area contributed by atoms with Crippen molar-refractivity contribution >= 4 is 56.6 Å². The van der Waals surface area contributed by atoms with E-state index in [2.05, 4.69) is 145 Å². The molecule has 4 aliphatic rings. The molecule has 0 fully saturated rings. The number of nitrogens with zero attached hydrogens (tertiary/aromatic N) is 2. The molecular formula is C36H31BN2. The third-order valence-electron chi connectivity index (χ3n) is 9.08. The fourth-order valence-corrected chi connectivity index (χ4v) is 7.23. The van der Waals surface area contributed by atoms with Gasteiger partial charge in [-0.05, 0) is 71.7 Å². The molecule has 0 radical (unpaired) electrons. The molecule has 4 aromatic carbocycles. The van der Waals surface area contributed by atoms with Gasteiger partial charge in [-0.3, -0.25) is 0 Å². The minimum Gasteiger partial charge on any atom is -0.333 e. The van der Waals surface area contributed by atoms with Crippen LogP contribution in [0.2, 0.25) is 0 Å². The number of hydrogen-bond acceptors (Lipinski definition) is 2. The zero-order valence-electron chi connectivity index (χ0n) is 22.5. The third kappa shape index (κ3) is 3.23. The lowest BCUT2D eigenvalue weighted by Crippen LogP contribution is -2.64. The molecule has 0 saturated carbocycles. The Balaban J connectivity index is 1.47. The Bertz CT molecular complexity index is 1780. The minimum atomic E-state index is -0.140. The summed E-state index contributed by atoms with van der Waals surface area (Å²) in [5, 5.41) is 2.60. The molecule has 2 unspecified atom stereocenters. The van der Waals surface area contributed by atoms with Gasteiger partial charge in [0.05, 0.1) is 5.54 Å². The summed E-state index contributed by atoms with van der Waals surface area (Å²) >= 11 is 0. The van der Waals surface area contributed by atoms with Crippen molar-refractivity contribution < 1.29 is 0 Å². The van der Waals surface area contributed by atoms with Crippen LogP contribution in [0, 0.1) is 5.92 Å². The summed E-state index contributed by atoms with van der Waals surface area (Å²) in [6, 6.07) is 29.6. The van der Waals surface area contributed by atoms with Crippen LogP contribution in [0.5, 0.6) is 0 Å². The van der Waals surface area contributed by atoms with Crippen LogP contribution in [0.15, 0.2) is 127 Å². The van der Waals surface area contributed by atoms with Crippen LogP contribution in [0.4, 0.5) is 22.7 Å². The quantitative estimate of drug-likeness (QED) is 0.272. The van der Waals surface area contributed by atoms with Crippen LogP contribution < -0.4 is 26.2 Å². The molecule has 0 amide bonds. The van der Waals surface area contributed by atoms with Crippen molar-refractivity contribution in [2.75, 3.05) is 9.80 Å². The van der Waals surface area contributed by atoms with Crippen LogP contribution in [-0.2, 0) is 0 Å². The lowest BCUT2D eigenvalue weighted by Gasteiger charge is -2.50. The Labute approximate surface area is 231 Å². The molecular weight excluding hydrogens is 471 g/mol. The first-order chi connectivity index (χ1) is 19.1. The molecule has 0 saturated heterocycles. The fraction of sp³-hybridized carbons (Fsp3) is 0.167. The minimum absolute atomic E-state index is 0.140. The molecule has 2 heterocycles. The maximum atomic E-state index is 2.61. The molecule has 0 bridgehead atoms. The van der Waals surface area contributed by atoms with Crippen molar-refractivity contribution in [1.29, 1.82) is 0 Å². The van der Waals surface area contributed by atoms with Crippen molar-refractivity contribution in [3.63, 3.8) is 0 Å². The maximum absolute atomic E-state index is 2.61. The molecule has 0 N–H and O–H groups in total. The lowest BCUT2D eigenvalue weighted by molar-refractivity contribution is 0.571. The smallest absolute Gasteiger partial charge is 0.252 e. The van der Waals surface area contributed by atoms with E-state index < -0.39 is 0 Å². The van der Waals surface area contributed by atoms with Crippen LogP contribution in [0.25, 0.3) is 10.8 Å². The van der Waals surface area contributed by atoms with Gasteiger partial charge in [0, 0.05) is 33.8 Å². The van der Waals surface area contributed by atoms with Gasteiger partial charge in [0.2, 0.25) is 0 Å². The van der Waals surface area contributed by atoms with Crippen LogP contribution in [-0.4, -0.2) is 12.3 Å². The summed E-state index contributed by atoms with van der Waals surface area (Å²) in [6.45, 7) is 4.85. The van der Waals surface area contributed by atoms with Crippen molar-refractivity contribution in [3.05, 3.63) is 127 Å². The number of fused-ring (bicyclic) bond motifs is 6. The van der Waals surface area contributed by atoms with Gasteiger partial charge in [-0.25, -0.2) is 0 Å². The number of benzene rings is 4. The average molecular weight is 502 g/mol. The van der Waals surface area contributed by atoms with Gasteiger partial charge >= 0.3 is 0 Å². The second-order valence-electron chi connectivity index (χ2n) is 11.6. The molecule has 8 rings (SSSR count). The predicted molar refractivity (Wildman–Crippen MR) is 168 cm³/mol. The van der Waals surface area contributed by atoms with Crippen molar-refractivity contribution in [1.82, 2.24) is 0 Å². The van der Waals surface area contributed by atoms with Gasteiger partial charge in [0.25, 0.3) is 6.71 Å². The largest absolute Gasteiger partial charge is 0.333 e. The highest BCUT2D eigenvalue weighted by Gasteiger charge is 2.46. The van der Waals surface area contributed by atoms with Crippen LogP contribution in [0.3, 0.4) is 0 Å². The molecule has 39 heavy (non-hydrogen) atoms. The Kier molecular flexibility index (Phi) is 4.88. The second kappa shape index (κ2) is 8.38. The van der Waals surface area contributed by atoms with E-state index in [4.69, 9.17) is 0 Å². The number of allylic oxidation sites excluding steroid dienone is 5. The number of hydrogen-bond donors (Lipinski definition) is 0. The van der Waals surface area contributed by atoms with Crippen LogP contribution >= 0.6 is 0 Å². The predicted octanol–water partition coefficient (Wildman–Crippen LogP) is 7.01. The lowest BCUT2D eigenvalue weighted by atomic mass is 9.33. The van der Waals surface area contributed by atoms with E-state index in [1.165, 1.54) is 55.6 Å². The van der Waals surface area contributed by atoms with Crippen molar-refractivity contribution in [2.24, 2.45) is 5.92 Å². The Morgan fingerprint density at radius 1 is 0.821 bits per heavy atom. The molecule has 3 heteroatoms. The van der Waals surface area contributed by atoms with E-state index in [0.717, 1.165) is 12.8 Å². The first kappa shape index (κ1) is 22.7. The third-order valence-corrected chi connectivity index (χ3v) is 9.08. The molecule has 2 atom stereocenters. The number of anilines is 4. The first-order valence-electron chi connectivity index (χ1n) is 14.2. The zero-order chi connectivity index (χ0) is 26.1. The Hall–Kier alpha value is -4.24. The van der Waals surface area contributed by atoms with Gasteiger partial charge in [0.15, 0.2) is 0 Å². The number of para-hydroxylation sites is 1. The van der Waals surface area contributed by atoms with E-state index in [1.54, 1.807) is 0 Å². The second-order valence-corrected chi connectivity index (χ2v) is 11.6. The van der Waals surface area contributed by atoms with Gasteiger partial charge in [-0.1, -0.05) is 104 Å².